The molecule has 0 radical (unpaired) electrons. The Hall–Kier alpha value is -2.38. The van der Waals surface area contributed by atoms with E-state index in [2.05, 4.69) is 25.4 Å². The van der Waals surface area contributed by atoms with Crippen LogP contribution in [-0.4, -0.2) is 45.4 Å². The minimum Gasteiger partial charge on any atom is -0.421 e. The lowest BCUT2D eigenvalue weighted by molar-refractivity contribution is 0.440. The van der Waals surface area contributed by atoms with Gasteiger partial charge in [0, 0.05) is 27.7 Å². The molecule has 1 N–H and O–H groups in total. The average molecular weight is 263 g/mol. The number of anilines is 2. The summed E-state index contributed by atoms with van der Waals surface area (Å²) >= 11 is 0. The fourth-order valence-corrected chi connectivity index (χ4v) is 1.39. The van der Waals surface area contributed by atoms with E-state index in [1.54, 1.807) is 22.0 Å². The van der Waals surface area contributed by atoms with Crippen LogP contribution in [-0.2, 0) is 7.05 Å². The van der Waals surface area contributed by atoms with Gasteiger partial charge < -0.3 is 15.0 Å². The van der Waals surface area contributed by atoms with Gasteiger partial charge >= 0.3 is 6.01 Å². The maximum Gasteiger partial charge on any atom is 0.328 e. The van der Waals surface area contributed by atoms with E-state index in [9.17, 15) is 0 Å². The molecule has 0 amide bonds. The minimum absolute atomic E-state index is 0.239. The lowest BCUT2D eigenvalue weighted by Gasteiger charge is -2.12. The van der Waals surface area contributed by atoms with Gasteiger partial charge in [0.25, 0.3) is 0 Å². The minimum atomic E-state index is 0.239. The summed E-state index contributed by atoms with van der Waals surface area (Å²) in [6.45, 7) is 2.70. The highest BCUT2D eigenvalue weighted by atomic mass is 16.5. The molecule has 0 saturated carbocycles. The van der Waals surface area contributed by atoms with Crippen LogP contribution in [0.3, 0.4) is 0 Å². The van der Waals surface area contributed by atoms with Crippen molar-refractivity contribution in [3.8, 4) is 11.8 Å². The second kappa shape index (κ2) is 5.51. The van der Waals surface area contributed by atoms with Crippen LogP contribution in [0, 0.1) is 0 Å². The summed E-state index contributed by atoms with van der Waals surface area (Å²) < 4.78 is 7.21. The zero-order chi connectivity index (χ0) is 13.8. The number of aryl methyl sites for hydroxylation is 1. The lowest BCUT2D eigenvalue weighted by Crippen LogP contribution is -2.15. The van der Waals surface area contributed by atoms with Crippen LogP contribution in [0.2, 0.25) is 0 Å². The van der Waals surface area contributed by atoms with E-state index >= 15 is 0 Å². The van der Waals surface area contributed by atoms with Gasteiger partial charge in [-0.25, -0.2) is 0 Å². The molecule has 0 aliphatic heterocycles. The van der Waals surface area contributed by atoms with Crippen molar-refractivity contribution < 1.29 is 4.74 Å². The van der Waals surface area contributed by atoms with E-state index < -0.39 is 0 Å². The van der Waals surface area contributed by atoms with Crippen molar-refractivity contribution in [1.82, 2.24) is 24.7 Å². The molecule has 8 heteroatoms. The molecule has 19 heavy (non-hydrogen) atoms. The first kappa shape index (κ1) is 13.1. The van der Waals surface area contributed by atoms with Gasteiger partial charge in [0.15, 0.2) is 5.75 Å². The number of hydrogen-bond donors (Lipinski definition) is 1. The zero-order valence-electron chi connectivity index (χ0n) is 11.5. The predicted octanol–water partition coefficient (Wildman–Crippen LogP) is 0.895. The van der Waals surface area contributed by atoms with Gasteiger partial charge in [-0.15, -0.1) is 0 Å². The molecule has 2 rings (SSSR count). The SMILES string of the molecule is CCNc1nc(Oc2cnn(C)c2)nc(N(C)C)n1. The molecule has 102 valence electrons. The molecule has 2 aromatic heterocycles. The Morgan fingerprint density at radius 1 is 1.32 bits per heavy atom. The fraction of sp³-hybridized carbons (Fsp3) is 0.455. The van der Waals surface area contributed by atoms with Gasteiger partial charge in [0.2, 0.25) is 11.9 Å². The van der Waals surface area contributed by atoms with Crippen LogP contribution in [0.25, 0.3) is 0 Å². The Bertz CT molecular complexity index is 552. The quantitative estimate of drug-likeness (QED) is 0.858. The number of rotatable bonds is 5. The molecule has 0 atom stereocenters. The molecule has 2 aromatic rings. The van der Waals surface area contributed by atoms with E-state index in [0.717, 1.165) is 6.54 Å². The molecule has 0 fully saturated rings. The van der Waals surface area contributed by atoms with Crippen molar-refractivity contribution in [3.63, 3.8) is 0 Å². The molecular weight excluding hydrogens is 246 g/mol. The Morgan fingerprint density at radius 3 is 2.68 bits per heavy atom. The Balaban J connectivity index is 2.27. The third-order valence-electron chi connectivity index (χ3n) is 2.23. The molecule has 0 bridgehead atoms. The smallest absolute Gasteiger partial charge is 0.328 e. The van der Waals surface area contributed by atoms with Crippen LogP contribution >= 0.6 is 0 Å². The van der Waals surface area contributed by atoms with Crippen molar-refractivity contribution in [3.05, 3.63) is 12.4 Å². The summed E-state index contributed by atoms with van der Waals surface area (Å²) in [6.07, 6.45) is 3.35. The molecule has 0 unspecified atom stereocenters. The van der Waals surface area contributed by atoms with Crippen LogP contribution in [0.15, 0.2) is 12.4 Å². The second-order valence-corrected chi connectivity index (χ2v) is 4.12. The molecule has 0 aromatic carbocycles. The second-order valence-electron chi connectivity index (χ2n) is 4.12. The summed E-state index contributed by atoms with van der Waals surface area (Å²) in [6, 6.07) is 0.239. The van der Waals surface area contributed by atoms with E-state index in [1.807, 2.05) is 28.1 Å². The summed E-state index contributed by atoms with van der Waals surface area (Å²) in [5, 5.41) is 7.07. The molecule has 0 spiro atoms. The maximum absolute atomic E-state index is 5.56. The van der Waals surface area contributed by atoms with Gasteiger partial charge in [0.05, 0.1) is 12.4 Å². The van der Waals surface area contributed by atoms with Crippen molar-refractivity contribution in [2.24, 2.45) is 7.05 Å². The third-order valence-corrected chi connectivity index (χ3v) is 2.23. The Kier molecular flexibility index (Phi) is 3.79. The number of nitrogens with zero attached hydrogens (tertiary/aromatic N) is 6. The summed E-state index contributed by atoms with van der Waals surface area (Å²) in [7, 11) is 5.54. The van der Waals surface area contributed by atoms with Gasteiger partial charge in [-0.1, -0.05) is 0 Å². The zero-order valence-corrected chi connectivity index (χ0v) is 11.5. The third kappa shape index (κ3) is 3.30. The highest BCUT2D eigenvalue weighted by molar-refractivity contribution is 5.37. The number of aromatic nitrogens is 5. The highest BCUT2D eigenvalue weighted by Gasteiger charge is 2.10. The summed E-state index contributed by atoms with van der Waals surface area (Å²) in [5.74, 6) is 1.60. The highest BCUT2D eigenvalue weighted by Crippen LogP contribution is 2.19. The van der Waals surface area contributed by atoms with Crippen molar-refractivity contribution in [2.45, 2.75) is 6.92 Å². The fourth-order valence-electron chi connectivity index (χ4n) is 1.39. The van der Waals surface area contributed by atoms with E-state index in [4.69, 9.17) is 4.74 Å². The Morgan fingerprint density at radius 2 is 2.11 bits per heavy atom. The largest absolute Gasteiger partial charge is 0.421 e. The molecular formula is C11H17N7O. The molecule has 2 heterocycles. The average Bonchev–Trinajstić information content (AvgIpc) is 2.75. The van der Waals surface area contributed by atoms with Crippen molar-refractivity contribution in [1.29, 1.82) is 0 Å². The lowest BCUT2D eigenvalue weighted by atomic mass is 10.6. The molecule has 0 aliphatic carbocycles. The van der Waals surface area contributed by atoms with Crippen LogP contribution < -0.4 is 15.0 Å². The van der Waals surface area contributed by atoms with Gasteiger partial charge in [-0.2, -0.15) is 20.1 Å². The number of nitrogens with one attached hydrogen (secondary N) is 1. The molecule has 0 saturated heterocycles. The van der Waals surface area contributed by atoms with Crippen LogP contribution in [0.5, 0.6) is 11.8 Å². The summed E-state index contributed by atoms with van der Waals surface area (Å²) in [4.78, 5) is 14.5. The first-order valence-electron chi connectivity index (χ1n) is 5.92. The molecule has 8 nitrogen and oxygen atoms in total. The van der Waals surface area contributed by atoms with Gasteiger partial charge in [-0.3, -0.25) is 4.68 Å². The van der Waals surface area contributed by atoms with Gasteiger partial charge in [0.1, 0.15) is 0 Å². The number of hydrogen-bond acceptors (Lipinski definition) is 7. The predicted molar refractivity (Wildman–Crippen MR) is 71.6 cm³/mol. The van der Waals surface area contributed by atoms with Crippen molar-refractivity contribution in [2.75, 3.05) is 30.9 Å². The maximum atomic E-state index is 5.56. The monoisotopic (exact) mass is 263 g/mol. The number of ether oxygens (including phenoxy) is 1. The first-order valence-corrected chi connectivity index (χ1v) is 5.92. The van der Waals surface area contributed by atoms with Crippen molar-refractivity contribution >= 4 is 11.9 Å². The topological polar surface area (TPSA) is 81.0 Å². The normalized spacial score (nSPS) is 10.3. The van der Waals surface area contributed by atoms with Crippen LogP contribution in [0.4, 0.5) is 11.9 Å². The summed E-state index contributed by atoms with van der Waals surface area (Å²) in [5.41, 5.74) is 0. The molecule has 0 aliphatic rings. The van der Waals surface area contributed by atoms with E-state index in [1.165, 1.54) is 0 Å². The van der Waals surface area contributed by atoms with Gasteiger partial charge in [-0.05, 0) is 6.92 Å². The van der Waals surface area contributed by atoms with E-state index in [-0.39, 0.29) is 6.01 Å². The first-order chi connectivity index (χ1) is 9.08. The Labute approximate surface area is 111 Å². The van der Waals surface area contributed by atoms with Crippen LogP contribution in [0.1, 0.15) is 6.92 Å². The van der Waals surface area contributed by atoms with E-state index in [0.29, 0.717) is 17.6 Å². The standard InChI is InChI=1S/C11H17N7O/c1-5-12-9-14-10(17(2)3)16-11(15-9)19-8-6-13-18(4)7-8/h6-7H,5H2,1-4H3,(H,12,14,15,16).